The zero-order valence-electron chi connectivity index (χ0n) is 18.7. The number of hydrogen-bond donors (Lipinski definition) is 2. The molecule has 0 aliphatic carbocycles. The van der Waals surface area contributed by atoms with Crippen LogP contribution >= 0.6 is 0 Å². The standard InChI is InChI=1S/C21H26F3N9O/c1-3-34-17-7-4-14(8-28-17)15-5-6-16-18(30-15)19(25)32(10-21(22,23)24)20(26)33(16)13(2)9-31-12-27-11-29-31/h4-8,11-13,19-20H,3,9-10,25-26H2,1-2H3. The summed E-state index contributed by atoms with van der Waals surface area (Å²) in [7, 11) is 0. The molecule has 34 heavy (non-hydrogen) atoms. The number of halogens is 3. The molecule has 0 saturated carbocycles. The highest BCUT2D eigenvalue weighted by molar-refractivity contribution is 5.65. The molecule has 0 spiro atoms. The summed E-state index contributed by atoms with van der Waals surface area (Å²) < 4.78 is 47.2. The molecule has 3 aromatic rings. The molecule has 4 rings (SSSR count). The Labute approximate surface area is 194 Å². The third-order valence-corrected chi connectivity index (χ3v) is 5.52. The molecule has 3 atom stereocenters. The molecule has 3 unspecified atom stereocenters. The summed E-state index contributed by atoms with van der Waals surface area (Å²) in [5.41, 5.74) is 14.7. The Morgan fingerprint density at radius 3 is 2.59 bits per heavy atom. The van der Waals surface area contributed by atoms with Crippen LogP contribution in [-0.4, -0.2) is 61.3 Å². The van der Waals surface area contributed by atoms with Crippen LogP contribution in [0.1, 0.15) is 25.7 Å². The average Bonchev–Trinajstić information content (AvgIpc) is 3.30. The lowest BCUT2D eigenvalue weighted by Crippen LogP contribution is -2.65. The van der Waals surface area contributed by atoms with Crippen LogP contribution in [-0.2, 0) is 6.54 Å². The van der Waals surface area contributed by atoms with Crippen molar-refractivity contribution < 1.29 is 17.9 Å². The molecule has 182 valence electrons. The summed E-state index contributed by atoms with van der Waals surface area (Å²) in [6.07, 6.45) is -2.25. The van der Waals surface area contributed by atoms with Gasteiger partial charge in [-0.15, -0.1) is 0 Å². The van der Waals surface area contributed by atoms with Crippen LogP contribution in [0.5, 0.6) is 5.88 Å². The number of aromatic nitrogens is 5. The van der Waals surface area contributed by atoms with Gasteiger partial charge in [0.15, 0.2) is 0 Å². The molecular formula is C21H26F3N9O. The molecule has 4 heterocycles. The van der Waals surface area contributed by atoms with E-state index in [1.54, 1.807) is 40.0 Å². The summed E-state index contributed by atoms with van der Waals surface area (Å²) in [4.78, 5) is 15.5. The smallest absolute Gasteiger partial charge is 0.401 e. The van der Waals surface area contributed by atoms with Gasteiger partial charge >= 0.3 is 6.18 Å². The summed E-state index contributed by atoms with van der Waals surface area (Å²) in [6.45, 7) is 3.26. The summed E-state index contributed by atoms with van der Waals surface area (Å²) >= 11 is 0. The highest BCUT2D eigenvalue weighted by Gasteiger charge is 2.44. The van der Waals surface area contributed by atoms with Crippen molar-refractivity contribution in [2.75, 3.05) is 18.1 Å². The molecule has 0 saturated heterocycles. The van der Waals surface area contributed by atoms with Crippen LogP contribution in [0.4, 0.5) is 18.9 Å². The van der Waals surface area contributed by atoms with E-state index in [4.69, 9.17) is 16.2 Å². The predicted molar refractivity (Wildman–Crippen MR) is 118 cm³/mol. The molecule has 1 aliphatic heterocycles. The fraction of sp³-hybridized carbons (Fsp3) is 0.429. The maximum atomic E-state index is 13.4. The second-order valence-electron chi connectivity index (χ2n) is 7.94. The highest BCUT2D eigenvalue weighted by Crippen LogP contribution is 2.38. The number of hydrogen-bond acceptors (Lipinski definition) is 9. The lowest BCUT2D eigenvalue weighted by atomic mass is 10.1. The first kappa shape index (κ1) is 23.9. The van der Waals surface area contributed by atoms with E-state index in [0.717, 1.165) is 4.90 Å². The Kier molecular flexibility index (Phi) is 6.68. The normalized spacial score (nSPS) is 19.7. The predicted octanol–water partition coefficient (Wildman–Crippen LogP) is 2.11. The second-order valence-corrected chi connectivity index (χ2v) is 7.94. The topological polar surface area (TPSA) is 124 Å². The van der Waals surface area contributed by atoms with Gasteiger partial charge in [-0.1, -0.05) is 0 Å². The zero-order valence-corrected chi connectivity index (χ0v) is 18.7. The van der Waals surface area contributed by atoms with Crippen molar-refractivity contribution in [2.24, 2.45) is 11.5 Å². The first-order chi connectivity index (χ1) is 16.2. The van der Waals surface area contributed by atoms with E-state index in [-0.39, 0.29) is 6.04 Å². The van der Waals surface area contributed by atoms with E-state index < -0.39 is 25.2 Å². The van der Waals surface area contributed by atoms with Crippen LogP contribution in [0.3, 0.4) is 0 Å². The summed E-state index contributed by atoms with van der Waals surface area (Å²) in [5, 5.41) is 4.09. The Bertz CT molecular complexity index is 1090. The van der Waals surface area contributed by atoms with Crippen molar-refractivity contribution in [2.45, 2.75) is 45.1 Å². The van der Waals surface area contributed by atoms with Gasteiger partial charge in [-0.3, -0.25) is 10.4 Å². The lowest BCUT2D eigenvalue weighted by molar-refractivity contribution is -0.158. The van der Waals surface area contributed by atoms with Gasteiger partial charge in [-0.05, 0) is 32.0 Å². The van der Waals surface area contributed by atoms with Crippen molar-refractivity contribution in [3.05, 3.63) is 48.8 Å². The van der Waals surface area contributed by atoms with Crippen LogP contribution in [0.2, 0.25) is 0 Å². The number of nitrogens with zero attached hydrogens (tertiary/aromatic N) is 7. The first-order valence-corrected chi connectivity index (χ1v) is 10.7. The van der Waals surface area contributed by atoms with Crippen molar-refractivity contribution in [1.29, 1.82) is 0 Å². The van der Waals surface area contributed by atoms with Crippen molar-refractivity contribution in [1.82, 2.24) is 29.6 Å². The van der Waals surface area contributed by atoms with E-state index in [9.17, 15) is 13.2 Å². The van der Waals surface area contributed by atoms with Gasteiger partial charge in [0.2, 0.25) is 5.88 Å². The molecule has 3 aromatic heterocycles. The number of fused-ring (bicyclic) bond motifs is 1. The number of pyridine rings is 2. The van der Waals surface area contributed by atoms with Crippen molar-refractivity contribution in [3.63, 3.8) is 0 Å². The first-order valence-electron chi connectivity index (χ1n) is 10.7. The molecule has 13 heteroatoms. The maximum Gasteiger partial charge on any atom is 0.401 e. The minimum Gasteiger partial charge on any atom is -0.478 e. The fourth-order valence-electron chi connectivity index (χ4n) is 4.04. The number of ether oxygens (including phenoxy) is 1. The molecule has 0 amide bonds. The van der Waals surface area contributed by atoms with Crippen LogP contribution in [0, 0.1) is 0 Å². The van der Waals surface area contributed by atoms with Gasteiger partial charge < -0.3 is 15.4 Å². The van der Waals surface area contributed by atoms with E-state index in [1.165, 1.54) is 12.7 Å². The van der Waals surface area contributed by atoms with E-state index in [2.05, 4.69) is 20.1 Å². The van der Waals surface area contributed by atoms with Gasteiger partial charge in [0.25, 0.3) is 0 Å². The van der Waals surface area contributed by atoms with Gasteiger partial charge in [0.1, 0.15) is 25.1 Å². The van der Waals surface area contributed by atoms with Crippen LogP contribution in [0.15, 0.2) is 43.1 Å². The largest absolute Gasteiger partial charge is 0.478 e. The molecular weight excluding hydrogens is 451 g/mol. The van der Waals surface area contributed by atoms with Gasteiger partial charge in [0.05, 0.1) is 36.8 Å². The van der Waals surface area contributed by atoms with Crippen LogP contribution in [0.25, 0.3) is 11.3 Å². The average molecular weight is 477 g/mol. The van der Waals surface area contributed by atoms with E-state index in [0.29, 0.717) is 41.7 Å². The molecule has 0 radical (unpaired) electrons. The molecule has 0 fully saturated rings. The minimum atomic E-state index is -4.50. The van der Waals surface area contributed by atoms with Crippen molar-refractivity contribution >= 4 is 5.69 Å². The number of nitrogens with two attached hydrogens (primary N) is 2. The van der Waals surface area contributed by atoms with E-state index >= 15 is 0 Å². The fourth-order valence-corrected chi connectivity index (χ4v) is 4.04. The lowest BCUT2D eigenvalue weighted by Gasteiger charge is -2.49. The van der Waals surface area contributed by atoms with Gasteiger partial charge in [-0.25, -0.2) is 19.9 Å². The Hall–Kier alpha value is -3.29. The van der Waals surface area contributed by atoms with Crippen molar-refractivity contribution in [3.8, 4) is 17.1 Å². The zero-order chi connectivity index (χ0) is 24.5. The SMILES string of the molecule is CCOc1ccc(-c2ccc3c(n2)C(N)N(CC(F)(F)F)C(N)N3C(C)Cn2cncn2)cn1. The maximum absolute atomic E-state index is 13.4. The Balaban J connectivity index is 1.73. The van der Waals surface area contributed by atoms with Gasteiger partial charge in [0, 0.05) is 23.9 Å². The summed E-state index contributed by atoms with van der Waals surface area (Å²) in [6, 6.07) is 6.70. The minimum absolute atomic E-state index is 0.294. The van der Waals surface area contributed by atoms with Gasteiger partial charge in [-0.2, -0.15) is 18.3 Å². The second kappa shape index (κ2) is 9.52. The number of rotatable bonds is 7. The third kappa shape index (κ3) is 4.95. The molecule has 0 aromatic carbocycles. The highest BCUT2D eigenvalue weighted by atomic mass is 19.4. The number of anilines is 1. The Morgan fingerprint density at radius 2 is 1.97 bits per heavy atom. The third-order valence-electron chi connectivity index (χ3n) is 5.52. The van der Waals surface area contributed by atoms with Crippen LogP contribution < -0.4 is 21.1 Å². The molecule has 0 bridgehead atoms. The summed E-state index contributed by atoms with van der Waals surface area (Å²) in [5.74, 6) is 0.469. The molecule has 4 N–H and O–H groups in total. The Morgan fingerprint density at radius 1 is 1.18 bits per heavy atom. The van der Waals surface area contributed by atoms with E-state index in [1.807, 2.05) is 13.8 Å². The number of alkyl halides is 3. The molecule has 10 nitrogen and oxygen atoms in total. The monoisotopic (exact) mass is 477 g/mol. The molecule has 1 aliphatic rings. The quantitative estimate of drug-likeness (QED) is 0.526.